The molecular formula is C15H23F3N2O5. The quantitative estimate of drug-likeness (QED) is 0.771. The molecule has 2 fully saturated rings. The molecule has 7 nitrogen and oxygen atoms in total. The highest BCUT2D eigenvalue weighted by atomic mass is 19.4. The number of nitrogens with one attached hydrogen (secondary N) is 1. The van der Waals surface area contributed by atoms with Crippen molar-refractivity contribution >= 4 is 12.0 Å². The molecule has 10 heteroatoms. The van der Waals surface area contributed by atoms with Crippen LogP contribution in [-0.2, 0) is 14.3 Å². The Bertz CT molecular complexity index is 508. The number of alkyl halides is 3. The number of rotatable bonds is 5. The van der Waals surface area contributed by atoms with E-state index in [0.717, 1.165) is 4.90 Å². The molecule has 1 unspecified atom stereocenters. The number of carboxylic acid groups (broad SMARTS) is 1. The average molecular weight is 368 g/mol. The van der Waals surface area contributed by atoms with Gasteiger partial charge in [0.2, 0.25) is 0 Å². The first kappa shape index (κ1) is 19.8. The van der Waals surface area contributed by atoms with E-state index in [1.807, 2.05) is 6.92 Å². The zero-order valence-corrected chi connectivity index (χ0v) is 14.1. The molecule has 0 bridgehead atoms. The summed E-state index contributed by atoms with van der Waals surface area (Å²) < 4.78 is 49.8. The smallest absolute Gasteiger partial charge is 0.394 e. The second-order valence-corrected chi connectivity index (χ2v) is 6.82. The van der Waals surface area contributed by atoms with E-state index in [9.17, 15) is 22.8 Å². The third kappa shape index (κ3) is 4.97. The molecule has 3 atom stereocenters. The van der Waals surface area contributed by atoms with Gasteiger partial charge >= 0.3 is 18.2 Å². The number of carbonyl (C=O) groups is 2. The summed E-state index contributed by atoms with van der Waals surface area (Å²) >= 11 is 0. The third-order valence-electron chi connectivity index (χ3n) is 4.56. The van der Waals surface area contributed by atoms with Crippen molar-refractivity contribution in [2.75, 3.05) is 32.8 Å². The first-order valence-corrected chi connectivity index (χ1v) is 8.12. The molecule has 0 aromatic carbocycles. The molecular weight excluding hydrogens is 345 g/mol. The maximum atomic E-state index is 12.9. The van der Waals surface area contributed by atoms with Crippen molar-refractivity contribution in [3.05, 3.63) is 0 Å². The van der Waals surface area contributed by atoms with E-state index in [4.69, 9.17) is 14.6 Å². The molecule has 144 valence electrons. The van der Waals surface area contributed by atoms with Crippen molar-refractivity contribution in [2.24, 2.45) is 17.8 Å². The predicted molar refractivity (Wildman–Crippen MR) is 79.7 cm³/mol. The van der Waals surface area contributed by atoms with E-state index in [0.29, 0.717) is 19.6 Å². The zero-order valence-electron chi connectivity index (χ0n) is 14.1. The van der Waals surface area contributed by atoms with Crippen molar-refractivity contribution < 1.29 is 37.3 Å². The molecule has 0 aromatic rings. The topological polar surface area (TPSA) is 88.1 Å². The third-order valence-corrected chi connectivity index (χ3v) is 4.56. The number of hydrogen-bond donors (Lipinski definition) is 2. The van der Waals surface area contributed by atoms with Crippen LogP contribution in [-0.4, -0.2) is 66.8 Å². The summed E-state index contributed by atoms with van der Waals surface area (Å²) in [5, 5.41) is 11.5. The van der Waals surface area contributed by atoms with Gasteiger partial charge in [-0.15, -0.1) is 0 Å². The van der Waals surface area contributed by atoms with Crippen molar-refractivity contribution in [3.63, 3.8) is 0 Å². The predicted octanol–water partition coefficient (Wildman–Crippen LogP) is 1.68. The summed E-state index contributed by atoms with van der Waals surface area (Å²) in [5.74, 6) is -5.97. The van der Waals surface area contributed by atoms with E-state index >= 15 is 0 Å². The number of halogens is 3. The molecule has 2 heterocycles. The van der Waals surface area contributed by atoms with Crippen LogP contribution in [0, 0.1) is 17.8 Å². The lowest BCUT2D eigenvalue weighted by molar-refractivity contribution is -0.187. The van der Waals surface area contributed by atoms with Gasteiger partial charge < -0.3 is 24.8 Å². The Morgan fingerprint density at radius 3 is 2.40 bits per heavy atom. The molecule has 25 heavy (non-hydrogen) atoms. The van der Waals surface area contributed by atoms with Crippen LogP contribution in [0.1, 0.15) is 20.3 Å². The Kier molecular flexibility index (Phi) is 5.82. The Morgan fingerprint density at radius 2 is 1.92 bits per heavy atom. The number of aliphatic carboxylic acids is 1. The van der Waals surface area contributed by atoms with Gasteiger partial charge in [0.1, 0.15) is 0 Å². The molecule has 0 aromatic heterocycles. The molecule has 2 saturated heterocycles. The van der Waals surface area contributed by atoms with E-state index in [1.165, 1.54) is 0 Å². The molecule has 0 saturated carbocycles. The van der Waals surface area contributed by atoms with Crippen molar-refractivity contribution in [2.45, 2.75) is 32.2 Å². The summed E-state index contributed by atoms with van der Waals surface area (Å²) in [7, 11) is 0. The van der Waals surface area contributed by atoms with Crippen LogP contribution in [0.15, 0.2) is 0 Å². The molecule has 2 aliphatic rings. The number of urea groups is 1. The van der Waals surface area contributed by atoms with Gasteiger partial charge in [-0.2, -0.15) is 13.2 Å². The van der Waals surface area contributed by atoms with E-state index in [-0.39, 0.29) is 12.5 Å². The van der Waals surface area contributed by atoms with E-state index in [2.05, 4.69) is 5.32 Å². The Labute approximate surface area is 143 Å². The zero-order chi connectivity index (χ0) is 18.8. The van der Waals surface area contributed by atoms with Gasteiger partial charge in [0.05, 0.1) is 25.0 Å². The fraction of sp³-hybridized carbons (Fsp3) is 0.867. The number of nitrogens with zero attached hydrogens (tertiary/aromatic N) is 1. The Balaban J connectivity index is 1.85. The monoisotopic (exact) mass is 368 g/mol. The maximum Gasteiger partial charge on any atom is 0.394 e. The van der Waals surface area contributed by atoms with Crippen LogP contribution in [0.25, 0.3) is 0 Å². The number of ether oxygens (including phenoxy) is 2. The SMILES string of the molecule is CC(CNC(=O)N1C[C@@H](C(F)(F)F)[C@H](C(=O)O)C1)CC1(C)OCCO1. The number of likely N-dealkylation sites (tertiary alicyclic amines) is 1. The number of hydrogen-bond acceptors (Lipinski definition) is 4. The molecule has 0 spiro atoms. The van der Waals surface area contributed by atoms with Crippen LogP contribution in [0.4, 0.5) is 18.0 Å². The summed E-state index contributed by atoms with van der Waals surface area (Å²) in [4.78, 5) is 24.0. The van der Waals surface area contributed by atoms with Gasteiger partial charge in [0.15, 0.2) is 5.79 Å². The lowest BCUT2D eigenvalue weighted by atomic mass is 9.96. The van der Waals surface area contributed by atoms with E-state index in [1.54, 1.807) is 6.92 Å². The van der Waals surface area contributed by atoms with Crippen LogP contribution < -0.4 is 5.32 Å². The van der Waals surface area contributed by atoms with Gasteiger partial charge in [-0.05, 0) is 12.8 Å². The Hall–Kier alpha value is -1.55. The minimum atomic E-state index is -4.66. The standard InChI is InChI=1S/C15H23F3N2O5/c1-9(5-14(2)24-3-4-25-14)6-19-13(23)20-7-10(12(21)22)11(8-20)15(16,17)18/h9-11H,3-8H2,1-2H3,(H,19,23)(H,21,22)/t9?,10-,11-/m1/s1. The summed E-state index contributed by atoms with van der Waals surface area (Å²) in [5.41, 5.74) is 0. The lowest BCUT2D eigenvalue weighted by Gasteiger charge is -2.26. The number of carbonyl (C=O) groups excluding carboxylic acids is 1. The van der Waals surface area contributed by atoms with E-state index < -0.39 is 48.9 Å². The molecule has 2 rings (SSSR count). The molecule has 0 radical (unpaired) electrons. The minimum absolute atomic E-state index is 0.0247. The first-order chi connectivity index (χ1) is 11.5. The van der Waals surface area contributed by atoms with Gasteiger partial charge in [0.25, 0.3) is 0 Å². The van der Waals surface area contributed by atoms with Crippen LogP contribution in [0.2, 0.25) is 0 Å². The summed E-state index contributed by atoms with van der Waals surface area (Å²) in [6, 6.07) is -0.691. The van der Waals surface area contributed by atoms with Crippen LogP contribution >= 0.6 is 0 Å². The summed E-state index contributed by atoms with van der Waals surface area (Å²) in [6.07, 6.45) is -4.13. The molecule has 0 aliphatic carbocycles. The minimum Gasteiger partial charge on any atom is -0.481 e. The average Bonchev–Trinajstić information content (AvgIpc) is 3.11. The van der Waals surface area contributed by atoms with Gasteiger partial charge in [-0.3, -0.25) is 4.79 Å². The maximum absolute atomic E-state index is 12.9. The fourth-order valence-corrected chi connectivity index (χ4v) is 3.30. The van der Waals surface area contributed by atoms with Crippen LogP contribution in [0.5, 0.6) is 0 Å². The first-order valence-electron chi connectivity index (χ1n) is 8.12. The second-order valence-electron chi connectivity index (χ2n) is 6.82. The molecule has 2 aliphatic heterocycles. The number of carboxylic acids is 1. The molecule has 2 amide bonds. The van der Waals surface area contributed by atoms with Crippen molar-refractivity contribution in [1.29, 1.82) is 0 Å². The van der Waals surface area contributed by atoms with Crippen molar-refractivity contribution in [3.8, 4) is 0 Å². The normalized spacial score (nSPS) is 27.3. The van der Waals surface area contributed by atoms with Gasteiger partial charge in [0, 0.05) is 26.1 Å². The van der Waals surface area contributed by atoms with Gasteiger partial charge in [-0.25, -0.2) is 4.79 Å². The summed E-state index contributed by atoms with van der Waals surface area (Å²) in [6.45, 7) is 3.78. The van der Waals surface area contributed by atoms with Gasteiger partial charge in [-0.1, -0.05) is 6.92 Å². The van der Waals surface area contributed by atoms with Crippen molar-refractivity contribution in [1.82, 2.24) is 10.2 Å². The van der Waals surface area contributed by atoms with Crippen LogP contribution in [0.3, 0.4) is 0 Å². The lowest BCUT2D eigenvalue weighted by Crippen LogP contribution is -2.42. The highest BCUT2D eigenvalue weighted by molar-refractivity contribution is 5.77. The second kappa shape index (κ2) is 7.36. The highest BCUT2D eigenvalue weighted by Gasteiger charge is 2.53. The largest absolute Gasteiger partial charge is 0.481 e. The fourth-order valence-electron chi connectivity index (χ4n) is 3.30. The highest BCUT2D eigenvalue weighted by Crippen LogP contribution is 2.37. The number of amides is 2. The molecule has 2 N–H and O–H groups in total. The Morgan fingerprint density at radius 1 is 1.32 bits per heavy atom.